The van der Waals surface area contributed by atoms with E-state index in [9.17, 15) is 0 Å². The molecule has 0 aromatic carbocycles. The molecule has 0 bridgehead atoms. The Kier molecular flexibility index (Phi) is 5.46. The van der Waals surface area contributed by atoms with Gasteiger partial charge in [-0.3, -0.25) is 4.90 Å². The first-order valence-electron chi connectivity index (χ1n) is 7.85. The molecular weight excluding hydrogens is 222 g/mol. The molecule has 0 aromatic rings. The highest BCUT2D eigenvalue weighted by Gasteiger charge is 2.27. The predicted octanol–water partition coefficient (Wildman–Crippen LogP) is 1.92. The summed E-state index contributed by atoms with van der Waals surface area (Å²) in [4.78, 5) is 5.12. The molecule has 2 fully saturated rings. The van der Waals surface area contributed by atoms with Gasteiger partial charge in [0.05, 0.1) is 0 Å². The Morgan fingerprint density at radius 1 is 1.17 bits per heavy atom. The second-order valence-corrected chi connectivity index (χ2v) is 6.45. The van der Waals surface area contributed by atoms with Gasteiger partial charge < -0.3 is 10.6 Å². The van der Waals surface area contributed by atoms with Crippen LogP contribution >= 0.6 is 0 Å². The van der Waals surface area contributed by atoms with Crippen molar-refractivity contribution >= 4 is 0 Å². The van der Waals surface area contributed by atoms with Crippen LogP contribution in [-0.2, 0) is 0 Å². The second kappa shape index (κ2) is 6.88. The van der Waals surface area contributed by atoms with Crippen LogP contribution in [0.5, 0.6) is 0 Å². The van der Waals surface area contributed by atoms with Crippen molar-refractivity contribution in [1.29, 1.82) is 0 Å². The van der Waals surface area contributed by atoms with E-state index >= 15 is 0 Å². The molecule has 0 aromatic heterocycles. The van der Waals surface area contributed by atoms with Crippen LogP contribution in [0.15, 0.2) is 0 Å². The van der Waals surface area contributed by atoms with Gasteiger partial charge in [0, 0.05) is 38.3 Å². The van der Waals surface area contributed by atoms with E-state index in [0.717, 1.165) is 12.5 Å². The summed E-state index contributed by atoms with van der Waals surface area (Å²) in [6, 6.07) is 1.31. The molecule has 2 aliphatic rings. The Morgan fingerprint density at radius 3 is 2.50 bits per heavy atom. The summed E-state index contributed by atoms with van der Waals surface area (Å²) >= 11 is 0. The number of likely N-dealkylation sites (N-methyl/N-ethyl adjacent to an activating group) is 1. The molecule has 0 amide bonds. The highest BCUT2D eigenvalue weighted by molar-refractivity contribution is 4.84. The van der Waals surface area contributed by atoms with Crippen LogP contribution in [0.2, 0.25) is 0 Å². The van der Waals surface area contributed by atoms with E-state index in [1.54, 1.807) is 0 Å². The van der Waals surface area contributed by atoms with Crippen LogP contribution in [0.25, 0.3) is 0 Å². The fourth-order valence-corrected chi connectivity index (χ4v) is 3.61. The molecule has 18 heavy (non-hydrogen) atoms. The van der Waals surface area contributed by atoms with Crippen molar-refractivity contribution in [2.45, 2.75) is 57.5 Å². The summed E-state index contributed by atoms with van der Waals surface area (Å²) in [5.74, 6) is 0.947. The molecule has 1 saturated carbocycles. The molecule has 0 radical (unpaired) electrons. The van der Waals surface area contributed by atoms with Crippen molar-refractivity contribution in [3.05, 3.63) is 0 Å². The van der Waals surface area contributed by atoms with E-state index in [-0.39, 0.29) is 0 Å². The molecule has 3 heteroatoms. The summed E-state index contributed by atoms with van der Waals surface area (Å²) in [6.07, 6.45) is 8.57. The number of piperazine rings is 1. The van der Waals surface area contributed by atoms with Gasteiger partial charge in [0.25, 0.3) is 0 Å². The van der Waals surface area contributed by atoms with Gasteiger partial charge in [0.1, 0.15) is 0 Å². The Morgan fingerprint density at radius 2 is 1.89 bits per heavy atom. The Hall–Kier alpha value is -0.120. The molecule has 0 spiro atoms. The van der Waals surface area contributed by atoms with Gasteiger partial charge in [0.15, 0.2) is 0 Å². The third kappa shape index (κ3) is 3.69. The van der Waals surface area contributed by atoms with E-state index in [1.807, 2.05) is 0 Å². The van der Waals surface area contributed by atoms with Crippen LogP contribution in [0.3, 0.4) is 0 Å². The zero-order chi connectivity index (χ0) is 13.0. The largest absolute Gasteiger partial charge is 0.329 e. The van der Waals surface area contributed by atoms with Crippen LogP contribution in [0.1, 0.15) is 45.4 Å². The number of nitrogens with zero attached hydrogens (tertiary/aromatic N) is 2. The van der Waals surface area contributed by atoms with Crippen LogP contribution in [0, 0.1) is 5.92 Å². The minimum Gasteiger partial charge on any atom is -0.329 e. The van der Waals surface area contributed by atoms with Gasteiger partial charge in [-0.2, -0.15) is 0 Å². The maximum absolute atomic E-state index is 6.05. The first-order valence-corrected chi connectivity index (χ1v) is 7.85. The van der Waals surface area contributed by atoms with Gasteiger partial charge in [-0.25, -0.2) is 0 Å². The summed E-state index contributed by atoms with van der Waals surface area (Å²) in [5.41, 5.74) is 6.05. The molecule has 106 valence electrons. The van der Waals surface area contributed by atoms with E-state index in [2.05, 4.69) is 23.8 Å². The molecule has 2 N–H and O–H groups in total. The maximum atomic E-state index is 6.05. The zero-order valence-electron chi connectivity index (χ0n) is 12.3. The standard InChI is InChI=1S/C15H31N3/c1-13-12-18(9-8-17(13)2)15(11-16)10-14-6-4-3-5-7-14/h13-15H,3-12,16H2,1-2H3. The normalized spacial score (nSPS) is 30.5. The molecule has 2 unspecified atom stereocenters. The Balaban J connectivity index is 1.83. The van der Waals surface area contributed by atoms with Crippen LogP contribution in [-0.4, -0.2) is 55.1 Å². The molecule has 1 heterocycles. The molecule has 2 atom stereocenters. The summed E-state index contributed by atoms with van der Waals surface area (Å²) in [6.45, 7) is 6.77. The smallest absolute Gasteiger partial charge is 0.0222 e. The fourth-order valence-electron chi connectivity index (χ4n) is 3.61. The van der Waals surface area contributed by atoms with Crippen molar-refractivity contribution in [3.8, 4) is 0 Å². The lowest BCUT2D eigenvalue weighted by Gasteiger charge is -2.42. The SMILES string of the molecule is CC1CN(C(CN)CC2CCCCC2)CCN1C. The average Bonchev–Trinajstić information content (AvgIpc) is 2.40. The van der Waals surface area contributed by atoms with Crippen LogP contribution in [0.4, 0.5) is 0 Å². The third-order valence-electron chi connectivity index (χ3n) is 5.11. The first-order chi connectivity index (χ1) is 8.70. The molecular formula is C15H31N3. The van der Waals surface area contributed by atoms with E-state index in [4.69, 9.17) is 5.73 Å². The van der Waals surface area contributed by atoms with Gasteiger partial charge in [-0.05, 0) is 26.3 Å². The number of rotatable bonds is 4. The van der Waals surface area contributed by atoms with Crippen molar-refractivity contribution in [2.24, 2.45) is 11.7 Å². The molecule has 3 nitrogen and oxygen atoms in total. The van der Waals surface area contributed by atoms with Crippen molar-refractivity contribution in [3.63, 3.8) is 0 Å². The highest BCUT2D eigenvalue weighted by Crippen LogP contribution is 2.28. The van der Waals surface area contributed by atoms with Gasteiger partial charge >= 0.3 is 0 Å². The van der Waals surface area contributed by atoms with Gasteiger partial charge in [-0.1, -0.05) is 32.1 Å². The van der Waals surface area contributed by atoms with Crippen molar-refractivity contribution in [1.82, 2.24) is 9.80 Å². The number of nitrogens with two attached hydrogens (primary N) is 1. The lowest BCUT2D eigenvalue weighted by Crippen LogP contribution is -2.55. The topological polar surface area (TPSA) is 32.5 Å². The fraction of sp³-hybridized carbons (Fsp3) is 1.00. The first kappa shape index (κ1) is 14.3. The Labute approximate surface area is 113 Å². The maximum Gasteiger partial charge on any atom is 0.0222 e. The Bertz CT molecular complexity index is 238. The van der Waals surface area contributed by atoms with Gasteiger partial charge in [-0.15, -0.1) is 0 Å². The minimum absolute atomic E-state index is 0.629. The molecule has 1 aliphatic carbocycles. The average molecular weight is 253 g/mol. The third-order valence-corrected chi connectivity index (χ3v) is 5.11. The van der Waals surface area contributed by atoms with E-state index < -0.39 is 0 Å². The quantitative estimate of drug-likeness (QED) is 0.831. The zero-order valence-corrected chi connectivity index (χ0v) is 12.3. The van der Waals surface area contributed by atoms with Gasteiger partial charge in [0.2, 0.25) is 0 Å². The predicted molar refractivity (Wildman–Crippen MR) is 77.7 cm³/mol. The summed E-state index contributed by atoms with van der Waals surface area (Å²) in [7, 11) is 2.24. The van der Waals surface area contributed by atoms with Crippen molar-refractivity contribution in [2.75, 3.05) is 33.2 Å². The second-order valence-electron chi connectivity index (χ2n) is 6.45. The number of hydrogen-bond acceptors (Lipinski definition) is 3. The molecule has 1 saturated heterocycles. The van der Waals surface area contributed by atoms with E-state index in [1.165, 1.54) is 58.2 Å². The summed E-state index contributed by atoms with van der Waals surface area (Å²) < 4.78 is 0. The highest BCUT2D eigenvalue weighted by atomic mass is 15.3. The van der Waals surface area contributed by atoms with Crippen LogP contribution < -0.4 is 5.73 Å². The van der Waals surface area contributed by atoms with E-state index in [0.29, 0.717) is 12.1 Å². The lowest BCUT2D eigenvalue weighted by molar-refractivity contribution is 0.0623. The minimum atomic E-state index is 0.629. The molecule has 2 rings (SSSR count). The van der Waals surface area contributed by atoms with Crippen molar-refractivity contribution < 1.29 is 0 Å². The monoisotopic (exact) mass is 253 g/mol. The summed E-state index contributed by atoms with van der Waals surface area (Å²) in [5, 5.41) is 0. The lowest BCUT2D eigenvalue weighted by atomic mass is 9.84. The molecule has 1 aliphatic heterocycles. The number of hydrogen-bond donors (Lipinski definition) is 1.